The summed E-state index contributed by atoms with van der Waals surface area (Å²) in [5.74, 6) is -1.92. The van der Waals surface area contributed by atoms with Crippen LogP contribution in [0.1, 0.15) is 19.3 Å². The normalized spacial score (nSPS) is 22.2. The first kappa shape index (κ1) is 18.0. The fraction of sp³-hybridized carbons (Fsp3) is 0.471. The van der Waals surface area contributed by atoms with Gasteiger partial charge in [-0.05, 0) is 31.4 Å². The van der Waals surface area contributed by atoms with Gasteiger partial charge in [0, 0.05) is 38.2 Å². The molecule has 0 aromatic heterocycles. The summed E-state index contributed by atoms with van der Waals surface area (Å²) in [6.45, 7) is 0.767. The molecule has 1 heterocycles. The van der Waals surface area contributed by atoms with Crippen LogP contribution in [0.25, 0.3) is 0 Å². The summed E-state index contributed by atoms with van der Waals surface area (Å²) in [6.07, 6.45) is 6.48. The fourth-order valence-electron chi connectivity index (χ4n) is 3.25. The SMILES string of the molecule is O=C([C@@H]1CC=CCC1)N1CCN(S(=O)(=O)c2ccc(F)cc2F)CC1. The summed E-state index contributed by atoms with van der Waals surface area (Å²) in [5.41, 5.74) is 0. The molecule has 1 aromatic carbocycles. The molecule has 1 amide bonds. The van der Waals surface area contributed by atoms with Crippen LogP contribution >= 0.6 is 0 Å². The van der Waals surface area contributed by atoms with E-state index >= 15 is 0 Å². The van der Waals surface area contributed by atoms with Crippen molar-refractivity contribution in [3.63, 3.8) is 0 Å². The highest BCUT2D eigenvalue weighted by Crippen LogP contribution is 2.24. The molecule has 25 heavy (non-hydrogen) atoms. The van der Waals surface area contributed by atoms with E-state index in [1.54, 1.807) is 4.90 Å². The largest absolute Gasteiger partial charge is 0.340 e. The first-order chi connectivity index (χ1) is 11.9. The number of hydrogen-bond acceptors (Lipinski definition) is 3. The van der Waals surface area contributed by atoms with Gasteiger partial charge in [-0.3, -0.25) is 4.79 Å². The molecule has 0 N–H and O–H groups in total. The third-order valence-corrected chi connectivity index (χ3v) is 6.61. The number of halogens is 2. The Morgan fingerprint density at radius 3 is 2.40 bits per heavy atom. The Kier molecular flexibility index (Phi) is 5.19. The number of carbonyl (C=O) groups is 1. The van der Waals surface area contributed by atoms with Crippen molar-refractivity contribution in [1.82, 2.24) is 9.21 Å². The van der Waals surface area contributed by atoms with Gasteiger partial charge < -0.3 is 4.90 Å². The molecule has 0 unspecified atom stereocenters. The van der Waals surface area contributed by atoms with Crippen molar-refractivity contribution < 1.29 is 22.0 Å². The second kappa shape index (κ2) is 7.21. The smallest absolute Gasteiger partial charge is 0.246 e. The van der Waals surface area contributed by atoms with Crippen LogP contribution < -0.4 is 0 Å². The Morgan fingerprint density at radius 2 is 1.80 bits per heavy atom. The Balaban J connectivity index is 1.67. The third-order valence-electron chi connectivity index (χ3n) is 4.68. The highest BCUT2D eigenvalue weighted by molar-refractivity contribution is 7.89. The minimum Gasteiger partial charge on any atom is -0.340 e. The Morgan fingerprint density at radius 1 is 1.08 bits per heavy atom. The highest BCUT2D eigenvalue weighted by atomic mass is 32.2. The minimum atomic E-state index is -4.04. The van der Waals surface area contributed by atoms with E-state index in [0.29, 0.717) is 6.07 Å². The Bertz CT molecular complexity index is 787. The molecule has 8 heteroatoms. The molecular formula is C17H20F2N2O3S. The zero-order chi connectivity index (χ0) is 18.0. The van der Waals surface area contributed by atoms with Gasteiger partial charge in [-0.15, -0.1) is 0 Å². The number of hydrogen-bond donors (Lipinski definition) is 0. The van der Waals surface area contributed by atoms with Crippen LogP contribution in [0.4, 0.5) is 8.78 Å². The van der Waals surface area contributed by atoms with E-state index in [4.69, 9.17) is 0 Å². The monoisotopic (exact) mass is 370 g/mol. The van der Waals surface area contributed by atoms with Crippen LogP contribution in [-0.4, -0.2) is 49.7 Å². The van der Waals surface area contributed by atoms with Gasteiger partial charge >= 0.3 is 0 Å². The Labute approximate surface area is 146 Å². The molecule has 0 bridgehead atoms. The van der Waals surface area contributed by atoms with E-state index < -0.39 is 26.6 Å². The summed E-state index contributed by atoms with van der Waals surface area (Å²) in [6, 6.07) is 2.42. The number of nitrogens with zero attached hydrogens (tertiary/aromatic N) is 2. The molecule has 136 valence electrons. The topological polar surface area (TPSA) is 57.7 Å². The summed E-state index contributed by atoms with van der Waals surface area (Å²) in [7, 11) is -4.04. The number of benzene rings is 1. The molecule has 1 aromatic rings. The van der Waals surface area contributed by atoms with Crippen LogP contribution in [0.3, 0.4) is 0 Å². The zero-order valence-electron chi connectivity index (χ0n) is 13.7. The highest BCUT2D eigenvalue weighted by Gasteiger charge is 2.33. The molecular weight excluding hydrogens is 350 g/mol. The first-order valence-electron chi connectivity index (χ1n) is 8.28. The molecule has 1 aliphatic carbocycles. The summed E-state index contributed by atoms with van der Waals surface area (Å²) in [4.78, 5) is 13.6. The van der Waals surface area contributed by atoms with Crippen LogP contribution in [-0.2, 0) is 14.8 Å². The zero-order valence-corrected chi connectivity index (χ0v) is 14.5. The van der Waals surface area contributed by atoms with E-state index in [9.17, 15) is 22.0 Å². The molecule has 0 radical (unpaired) electrons. The molecule has 0 saturated carbocycles. The molecule has 1 fully saturated rings. The van der Waals surface area contributed by atoms with E-state index in [0.717, 1.165) is 35.7 Å². The molecule has 0 spiro atoms. The van der Waals surface area contributed by atoms with Crippen molar-refractivity contribution in [2.45, 2.75) is 24.2 Å². The van der Waals surface area contributed by atoms with E-state index in [1.165, 1.54) is 0 Å². The maximum absolute atomic E-state index is 13.8. The Hall–Kier alpha value is -1.80. The predicted molar refractivity (Wildman–Crippen MR) is 88.2 cm³/mol. The maximum Gasteiger partial charge on any atom is 0.246 e. The number of rotatable bonds is 3. The lowest BCUT2D eigenvalue weighted by Crippen LogP contribution is -2.52. The van der Waals surface area contributed by atoms with Gasteiger partial charge in [-0.25, -0.2) is 17.2 Å². The summed E-state index contributed by atoms with van der Waals surface area (Å²) < 4.78 is 53.1. The van der Waals surface area contributed by atoms with Crippen molar-refractivity contribution in [3.05, 3.63) is 42.0 Å². The molecule has 3 rings (SSSR count). The lowest BCUT2D eigenvalue weighted by Gasteiger charge is -2.36. The van der Waals surface area contributed by atoms with E-state index in [2.05, 4.69) is 6.08 Å². The van der Waals surface area contributed by atoms with Crippen LogP contribution in [0.5, 0.6) is 0 Å². The number of allylic oxidation sites excluding steroid dienone is 2. The van der Waals surface area contributed by atoms with Gasteiger partial charge in [-0.2, -0.15) is 4.31 Å². The number of carbonyl (C=O) groups excluding carboxylic acids is 1. The van der Waals surface area contributed by atoms with Gasteiger partial charge in [0.05, 0.1) is 0 Å². The van der Waals surface area contributed by atoms with Crippen molar-refractivity contribution in [1.29, 1.82) is 0 Å². The quantitative estimate of drug-likeness (QED) is 0.766. The van der Waals surface area contributed by atoms with Crippen molar-refractivity contribution in [2.75, 3.05) is 26.2 Å². The van der Waals surface area contributed by atoms with E-state index in [1.807, 2.05) is 6.08 Å². The average Bonchev–Trinajstić information content (AvgIpc) is 2.61. The van der Waals surface area contributed by atoms with Crippen LogP contribution in [0.2, 0.25) is 0 Å². The molecule has 5 nitrogen and oxygen atoms in total. The second-order valence-corrected chi connectivity index (χ2v) is 8.19. The fourth-order valence-corrected chi connectivity index (χ4v) is 4.72. The lowest BCUT2D eigenvalue weighted by molar-refractivity contribution is -0.137. The predicted octanol–water partition coefficient (Wildman–Crippen LogP) is 2.15. The minimum absolute atomic E-state index is 0.0392. The molecule has 1 atom stereocenters. The molecule has 1 saturated heterocycles. The number of piperazine rings is 1. The standard InChI is InChI=1S/C17H20F2N2O3S/c18-14-6-7-16(15(19)12-14)25(23,24)21-10-8-20(9-11-21)17(22)13-4-2-1-3-5-13/h1-2,6-7,12-13H,3-5,8-11H2/t13-/m1/s1. The maximum atomic E-state index is 13.8. The van der Waals surface area contributed by atoms with Gasteiger partial charge in [0.15, 0.2) is 0 Å². The van der Waals surface area contributed by atoms with Crippen LogP contribution in [0.15, 0.2) is 35.2 Å². The van der Waals surface area contributed by atoms with Crippen molar-refractivity contribution in [3.8, 4) is 0 Å². The van der Waals surface area contributed by atoms with Crippen molar-refractivity contribution >= 4 is 15.9 Å². The molecule has 2 aliphatic rings. The van der Waals surface area contributed by atoms with Crippen LogP contribution in [0, 0.1) is 17.6 Å². The lowest BCUT2D eigenvalue weighted by atomic mass is 9.93. The van der Waals surface area contributed by atoms with Gasteiger partial charge in [-0.1, -0.05) is 12.2 Å². The van der Waals surface area contributed by atoms with Gasteiger partial charge in [0.1, 0.15) is 16.5 Å². The van der Waals surface area contributed by atoms with Crippen molar-refractivity contribution in [2.24, 2.45) is 5.92 Å². The van der Waals surface area contributed by atoms with Gasteiger partial charge in [0.2, 0.25) is 15.9 Å². The summed E-state index contributed by atoms with van der Waals surface area (Å²) in [5, 5.41) is 0. The summed E-state index contributed by atoms with van der Waals surface area (Å²) >= 11 is 0. The third kappa shape index (κ3) is 3.74. The van der Waals surface area contributed by atoms with Gasteiger partial charge in [0.25, 0.3) is 0 Å². The first-order valence-corrected chi connectivity index (χ1v) is 9.72. The number of sulfonamides is 1. The average molecular weight is 370 g/mol. The number of amides is 1. The second-order valence-electron chi connectivity index (χ2n) is 6.29. The molecule has 1 aliphatic heterocycles. The van der Waals surface area contributed by atoms with E-state index in [-0.39, 0.29) is 38.0 Å².